The minimum atomic E-state index is -0.564. The molecule has 0 saturated carbocycles. The standard InChI is InChI=1S/C18H22N4OS2.HI/c1-3-19-18(21-10-17-12(2)22-11-24-17)20-9-14(23)16-8-13-6-4-5-7-15(13)25-16;/h4-8,11,14,23H,3,9-10H2,1-2H3,(H2,19,20,21);1H. The first kappa shape index (κ1) is 21.1. The van der Waals surface area contributed by atoms with Crippen LogP contribution >= 0.6 is 46.7 Å². The van der Waals surface area contributed by atoms with Gasteiger partial charge < -0.3 is 15.7 Å². The fraction of sp³-hybridized carbons (Fsp3) is 0.333. The molecule has 2 aromatic heterocycles. The summed E-state index contributed by atoms with van der Waals surface area (Å²) in [5, 5.41) is 18.1. The van der Waals surface area contributed by atoms with Crippen molar-refractivity contribution in [1.29, 1.82) is 0 Å². The third-order valence-corrected chi connectivity index (χ3v) is 5.94. The van der Waals surface area contributed by atoms with Gasteiger partial charge in [-0.15, -0.1) is 46.7 Å². The zero-order chi connectivity index (χ0) is 17.6. The minimum absolute atomic E-state index is 0. The molecule has 5 nitrogen and oxygen atoms in total. The number of thiazole rings is 1. The predicted molar refractivity (Wildman–Crippen MR) is 122 cm³/mol. The van der Waals surface area contributed by atoms with Crippen molar-refractivity contribution in [3.8, 4) is 0 Å². The van der Waals surface area contributed by atoms with Crippen molar-refractivity contribution in [2.24, 2.45) is 4.99 Å². The molecule has 0 spiro atoms. The second-order valence-corrected chi connectivity index (χ2v) is 7.69. The minimum Gasteiger partial charge on any atom is -0.386 e. The Kier molecular flexibility index (Phi) is 8.26. The lowest BCUT2D eigenvalue weighted by molar-refractivity contribution is 0.184. The summed E-state index contributed by atoms with van der Waals surface area (Å²) in [5.41, 5.74) is 2.86. The molecular formula is C18H23IN4OS2. The lowest BCUT2D eigenvalue weighted by atomic mass is 10.2. The molecule has 1 atom stereocenters. The van der Waals surface area contributed by atoms with Gasteiger partial charge in [-0.25, -0.2) is 9.98 Å². The highest BCUT2D eigenvalue weighted by molar-refractivity contribution is 14.0. The first-order chi connectivity index (χ1) is 12.2. The van der Waals surface area contributed by atoms with Gasteiger partial charge in [0.05, 0.1) is 17.7 Å². The van der Waals surface area contributed by atoms with E-state index in [0.29, 0.717) is 19.0 Å². The van der Waals surface area contributed by atoms with E-state index in [1.165, 1.54) is 10.1 Å². The highest BCUT2D eigenvalue weighted by Gasteiger charge is 2.12. The van der Waals surface area contributed by atoms with E-state index in [-0.39, 0.29) is 24.0 Å². The summed E-state index contributed by atoms with van der Waals surface area (Å²) in [6.07, 6.45) is -0.564. The maximum Gasteiger partial charge on any atom is 0.191 e. The van der Waals surface area contributed by atoms with Gasteiger partial charge in [-0.05, 0) is 31.4 Å². The molecule has 0 aliphatic carbocycles. The van der Waals surface area contributed by atoms with Crippen LogP contribution in [0.2, 0.25) is 0 Å². The number of halogens is 1. The predicted octanol–water partition coefficient (Wildman–Crippen LogP) is 4.07. The molecule has 0 aliphatic rings. The van der Waals surface area contributed by atoms with Crippen LogP contribution in [0.5, 0.6) is 0 Å². The number of aliphatic hydroxyl groups excluding tert-OH is 1. The van der Waals surface area contributed by atoms with Gasteiger partial charge in [-0.1, -0.05) is 18.2 Å². The molecule has 0 fully saturated rings. The quantitative estimate of drug-likeness (QED) is 0.270. The van der Waals surface area contributed by atoms with Gasteiger partial charge in [-0.3, -0.25) is 0 Å². The van der Waals surface area contributed by atoms with Crippen molar-refractivity contribution in [1.82, 2.24) is 15.6 Å². The fourth-order valence-corrected chi connectivity index (χ4v) is 4.18. The molecule has 0 aliphatic heterocycles. The number of aliphatic hydroxyl groups is 1. The van der Waals surface area contributed by atoms with Crippen molar-refractivity contribution in [2.75, 3.05) is 13.1 Å². The third kappa shape index (κ3) is 5.38. The largest absolute Gasteiger partial charge is 0.386 e. The van der Waals surface area contributed by atoms with Gasteiger partial charge in [-0.2, -0.15) is 0 Å². The van der Waals surface area contributed by atoms with Crippen LogP contribution in [0.1, 0.15) is 28.5 Å². The summed E-state index contributed by atoms with van der Waals surface area (Å²) in [6.45, 7) is 5.79. The molecule has 8 heteroatoms. The van der Waals surface area contributed by atoms with Crippen molar-refractivity contribution in [3.05, 3.63) is 51.3 Å². The number of thiophene rings is 1. The third-order valence-electron chi connectivity index (χ3n) is 3.81. The lowest BCUT2D eigenvalue weighted by Gasteiger charge is -2.14. The maximum atomic E-state index is 10.5. The molecule has 0 amide bonds. The Morgan fingerprint density at radius 1 is 1.31 bits per heavy atom. The smallest absolute Gasteiger partial charge is 0.191 e. The van der Waals surface area contributed by atoms with E-state index in [0.717, 1.165) is 22.0 Å². The summed E-state index contributed by atoms with van der Waals surface area (Å²) < 4.78 is 1.19. The van der Waals surface area contributed by atoms with Crippen LogP contribution < -0.4 is 10.6 Å². The SMILES string of the molecule is CCNC(=NCc1scnc1C)NCC(O)c1cc2ccccc2s1.I. The van der Waals surface area contributed by atoms with Gasteiger partial charge in [0.15, 0.2) is 5.96 Å². The molecule has 0 radical (unpaired) electrons. The molecular weight excluding hydrogens is 479 g/mol. The summed E-state index contributed by atoms with van der Waals surface area (Å²) in [6, 6.07) is 10.2. The van der Waals surface area contributed by atoms with E-state index in [1.807, 2.05) is 31.5 Å². The van der Waals surface area contributed by atoms with Crippen LogP contribution in [0, 0.1) is 6.92 Å². The van der Waals surface area contributed by atoms with Crippen LogP contribution in [0.4, 0.5) is 0 Å². The van der Waals surface area contributed by atoms with Crippen molar-refractivity contribution in [2.45, 2.75) is 26.5 Å². The van der Waals surface area contributed by atoms with Crippen molar-refractivity contribution in [3.63, 3.8) is 0 Å². The molecule has 2 heterocycles. The molecule has 3 aromatic rings. The average molecular weight is 502 g/mol. The number of hydrogen-bond donors (Lipinski definition) is 3. The maximum absolute atomic E-state index is 10.5. The second-order valence-electron chi connectivity index (χ2n) is 5.64. The fourth-order valence-electron chi connectivity index (χ4n) is 2.43. The van der Waals surface area contributed by atoms with E-state index < -0.39 is 6.10 Å². The highest BCUT2D eigenvalue weighted by Crippen LogP contribution is 2.29. The molecule has 3 N–H and O–H groups in total. The van der Waals surface area contributed by atoms with E-state index >= 15 is 0 Å². The zero-order valence-corrected chi connectivity index (χ0v) is 18.7. The number of nitrogens with one attached hydrogen (secondary N) is 2. The van der Waals surface area contributed by atoms with Crippen LogP contribution in [-0.2, 0) is 6.54 Å². The van der Waals surface area contributed by atoms with E-state index in [2.05, 4.69) is 38.8 Å². The Balaban J connectivity index is 0.00000243. The Bertz CT molecular complexity index is 829. The number of rotatable bonds is 6. The van der Waals surface area contributed by atoms with Crippen molar-refractivity contribution >= 4 is 62.7 Å². The Morgan fingerprint density at radius 3 is 2.81 bits per heavy atom. The molecule has 26 heavy (non-hydrogen) atoms. The number of aromatic nitrogens is 1. The summed E-state index contributed by atoms with van der Waals surface area (Å²) in [7, 11) is 0. The number of nitrogens with zero attached hydrogens (tertiary/aromatic N) is 2. The monoisotopic (exact) mass is 502 g/mol. The second kappa shape index (κ2) is 10.2. The molecule has 1 aromatic carbocycles. The Morgan fingerprint density at radius 2 is 2.12 bits per heavy atom. The summed E-state index contributed by atoms with van der Waals surface area (Å²) in [4.78, 5) is 10.9. The average Bonchev–Trinajstić information content (AvgIpc) is 3.23. The van der Waals surface area contributed by atoms with Gasteiger partial charge in [0.1, 0.15) is 6.10 Å². The molecule has 0 bridgehead atoms. The van der Waals surface area contributed by atoms with E-state index in [4.69, 9.17) is 0 Å². The van der Waals surface area contributed by atoms with E-state index in [9.17, 15) is 5.11 Å². The number of hydrogen-bond acceptors (Lipinski definition) is 5. The summed E-state index contributed by atoms with van der Waals surface area (Å²) >= 11 is 3.24. The zero-order valence-electron chi connectivity index (χ0n) is 14.7. The first-order valence-corrected chi connectivity index (χ1v) is 9.94. The van der Waals surface area contributed by atoms with Crippen LogP contribution in [-0.4, -0.2) is 29.1 Å². The first-order valence-electron chi connectivity index (χ1n) is 8.25. The topological polar surface area (TPSA) is 69.5 Å². The van der Waals surface area contributed by atoms with Crippen molar-refractivity contribution < 1.29 is 5.11 Å². The van der Waals surface area contributed by atoms with Gasteiger partial charge >= 0.3 is 0 Å². The van der Waals surface area contributed by atoms with E-state index in [1.54, 1.807) is 22.7 Å². The van der Waals surface area contributed by atoms with Crippen LogP contribution in [0.3, 0.4) is 0 Å². The Labute approximate surface area is 178 Å². The van der Waals surface area contributed by atoms with Crippen LogP contribution in [0.15, 0.2) is 40.8 Å². The lowest BCUT2D eigenvalue weighted by Crippen LogP contribution is -2.39. The van der Waals surface area contributed by atoms with Gasteiger partial charge in [0.2, 0.25) is 0 Å². The molecule has 1 unspecified atom stereocenters. The molecule has 0 saturated heterocycles. The number of guanidine groups is 1. The number of aryl methyl sites for hydroxylation is 1. The number of fused-ring (bicyclic) bond motifs is 1. The number of aliphatic imine (C=N–C) groups is 1. The molecule has 3 rings (SSSR count). The van der Waals surface area contributed by atoms with Crippen LogP contribution in [0.25, 0.3) is 10.1 Å². The van der Waals surface area contributed by atoms with Gasteiger partial charge in [0.25, 0.3) is 0 Å². The normalized spacial score (nSPS) is 12.7. The summed E-state index contributed by atoms with van der Waals surface area (Å²) in [5.74, 6) is 0.704. The van der Waals surface area contributed by atoms with Gasteiger partial charge in [0, 0.05) is 27.5 Å². The molecule has 140 valence electrons. The highest BCUT2D eigenvalue weighted by atomic mass is 127. The number of benzene rings is 1. The Hall–Kier alpha value is -1.23.